The first-order chi connectivity index (χ1) is 15.8. The van der Waals surface area contributed by atoms with E-state index in [1.165, 1.54) is 28.0 Å². The van der Waals surface area contributed by atoms with E-state index in [4.69, 9.17) is 0 Å². The summed E-state index contributed by atoms with van der Waals surface area (Å²) in [6, 6.07) is 3.24. The number of nitrogens with zero attached hydrogens (tertiary/aromatic N) is 2. The van der Waals surface area contributed by atoms with E-state index < -0.39 is 35.7 Å². The SMILES string of the molecule is O=C([O-])CSCC(=O)N1CCN(C(=O)c2cccc(F)c2)[C@H](C(=O)N[C@H]2CCCNC2=O)C1. The first-order valence-corrected chi connectivity index (χ1v) is 11.6. The van der Waals surface area contributed by atoms with Crippen LogP contribution in [0.2, 0.25) is 0 Å². The van der Waals surface area contributed by atoms with E-state index in [0.29, 0.717) is 19.4 Å². The predicted molar refractivity (Wildman–Crippen MR) is 114 cm³/mol. The van der Waals surface area contributed by atoms with Crippen molar-refractivity contribution in [1.29, 1.82) is 0 Å². The number of rotatable bonds is 7. The molecule has 4 amide bonds. The average Bonchev–Trinajstić information content (AvgIpc) is 2.79. The predicted octanol–water partition coefficient (Wildman–Crippen LogP) is -1.64. The highest BCUT2D eigenvalue weighted by molar-refractivity contribution is 8.00. The largest absolute Gasteiger partial charge is 0.549 e. The monoisotopic (exact) mass is 479 g/mol. The highest BCUT2D eigenvalue weighted by Crippen LogP contribution is 2.17. The number of hydrogen-bond acceptors (Lipinski definition) is 7. The molecule has 0 unspecified atom stereocenters. The van der Waals surface area contributed by atoms with Crippen molar-refractivity contribution < 1.29 is 33.5 Å². The molecule has 178 valence electrons. The quantitative estimate of drug-likeness (QED) is 0.478. The molecule has 0 aliphatic carbocycles. The Morgan fingerprint density at radius 2 is 2.00 bits per heavy atom. The van der Waals surface area contributed by atoms with Gasteiger partial charge >= 0.3 is 0 Å². The third-order valence-electron chi connectivity index (χ3n) is 5.42. The number of piperidine rings is 1. The number of thioether (sulfide) groups is 1. The van der Waals surface area contributed by atoms with Gasteiger partial charge in [-0.25, -0.2) is 4.39 Å². The van der Waals surface area contributed by atoms with Gasteiger partial charge < -0.3 is 30.3 Å². The van der Waals surface area contributed by atoms with Crippen LogP contribution in [0.4, 0.5) is 4.39 Å². The summed E-state index contributed by atoms with van der Waals surface area (Å²) in [6.45, 7) is 0.525. The molecule has 0 bridgehead atoms. The van der Waals surface area contributed by atoms with E-state index in [0.717, 1.165) is 17.8 Å². The van der Waals surface area contributed by atoms with E-state index in [2.05, 4.69) is 10.6 Å². The van der Waals surface area contributed by atoms with Crippen molar-refractivity contribution in [2.45, 2.75) is 24.9 Å². The third kappa shape index (κ3) is 6.44. The average molecular weight is 480 g/mol. The number of nitrogens with one attached hydrogen (secondary N) is 2. The van der Waals surface area contributed by atoms with Gasteiger partial charge in [0.1, 0.15) is 17.9 Å². The van der Waals surface area contributed by atoms with Crippen LogP contribution in [-0.2, 0) is 19.2 Å². The molecular weight excluding hydrogens is 455 g/mol. The van der Waals surface area contributed by atoms with E-state index in [-0.39, 0.29) is 48.5 Å². The van der Waals surface area contributed by atoms with Gasteiger partial charge in [0.2, 0.25) is 17.7 Å². The van der Waals surface area contributed by atoms with E-state index >= 15 is 0 Å². The number of carboxylic acid groups (broad SMARTS) is 1. The summed E-state index contributed by atoms with van der Waals surface area (Å²) in [5.41, 5.74) is 0.0625. The normalized spacial score (nSPS) is 20.7. The highest BCUT2D eigenvalue weighted by Gasteiger charge is 2.38. The van der Waals surface area contributed by atoms with Crippen molar-refractivity contribution in [1.82, 2.24) is 20.4 Å². The maximum absolute atomic E-state index is 13.6. The molecule has 0 radical (unpaired) electrons. The molecule has 1 aromatic rings. The zero-order valence-electron chi connectivity index (χ0n) is 17.8. The summed E-state index contributed by atoms with van der Waals surface area (Å²) in [7, 11) is 0. The Balaban J connectivity index is 1.76. The van der Waals surface area contributed by atoms with Crippen molar-refractivity contribution in [3.8, 4) is 0 Å². The van der Waals surface area contributed by atoms with Gasteiger partial charge in [-0.05, 0) is 31.0 Å². The lowest BCUT2D eigenvalue weighted by Crippen LogP contribution is -2.63. The lowest BCUT2D eigenvalue weighted by Gasteiger charge is -2.41. The second-order valence-corrected chi connectivity index (χ2v) is 8.71. The fourth-order valence-electron chi connectivity index (χ4n) is 3.75. The zero-order chi connectivity index (χ0) is 24.0. The van der Waals surface area contributed by atoms with Gasteiger partial charge in [-0.15, -0.1) is 11.8 Å². The van der Waals surface area contributed by atoms with Crippen molar-refractivity contribution in [3.05, 3.63) is 35.6 Å². The van der Waals surface area contributed by atoms with Gasteiger partial charge in [0.15, 0.2) is 0 Å². The van der Waals surface area contributed by atoms with Crippen molar-refractivity contribution in [2.24, 2.45) is 0 Å². The lowest BCUT2D eigenvalue weighted by molar-refractivity contribution is -0.301. The molecule has 2 aliphatic heterocycles. The number of piperazine rings is 1. The lowest BCUT2D eigenvalue weighted by atomic mass is 10.0. The minimum Gasteiger partial charge on any atom is -0.549 e. The van der Waals surface area contributed by atoms with Gasteiger partial charge in [0.25, 0.3) is 5.91 Å². The molecule has 2 heterocycles. The number of amides is 4. The maximum atomic E-state index is 13.6. The Kier molecular flexibility index (Phi) is 8.26. The van der Waals surface area contributed by atoms with Crippen LogP contribution in [0.1, 0.15) is 23.2 Å². The number of hydrogen-bond donors (Lipinski definition) is 2. The van der Waals surface area contributed by atoms with Crippen LogP contribution < -0.4 is 15.7 Å². The molecule has 12 heteroatoms. The molecular formula is C21H24FN4O6S-. The van der Waals surface area contributed by atoms with Crippen LogP contribution in [-0.4, -0.2) is 89.2 Å². The standard InChI is InChI=1S/C21H25FN4O6S/c22-14-4-1-3-13(9-14)21(32)26-8-7-25(17(27)11-33-12-18(28)29)10-16(26)20(31)24-15-5-2-6-23-19(15)30/h1,3-4,9,15-16H,2,5-8,10-12H2,(H,23,30)(H,24,31)(H,28,29)/p-1/t15-,16-/m0/s1. The minimum atomic E-state index is -1.29. The smallest absolute Gasteiger partial charge is 0.254 e. The summed E-state index contributed by atoms with van der Waals surface area (Å²) >= 11 is 0.878. The number of carboxylic acids is 1. The van der Waals surface area contributed by atoms with Gasteiger partial charge in [-0.2, -0.15) is 0 Å². The first-order valence-electron chi connectivity index (χ1n) is 10.5. The van der Waals surface area contributed by atoms with Crippen LogP contribution in [0.15, 0.2) is 24.3 Å². The molecule has 2 aliphatic rings. The number of carbonyl (C=O) groups excluding carboxylic acids is 5. The summed E-state index contributed by atoms with van der Waals surface area (Å²) in [5.74, 6) is -4.22. The van der Waals surface area contributed by atoms with E-state index in [1.54, 1.807) is 0 Å². The maximum Gasteiger partial charge on any atom is 0.254 e. The van der Waals surface area contributed by atoms with E-state index in [9.17, 15) is 33.5 Å². The van der Waals surface area contributed by atoms with Crippen LogP contribution in [0, 0.1) is 5.82 Å². The molecule has 2 atom stereocenters. The Hall–Kier alpha value is -3.15. The fraction of sp³-hybridized carbons (Fsp3) is 0.476. The first kappa shape index (κ1) is 24.5. The second kappa shape index (κ2) is 11.1. The van der Waals surface area contributed by atoms with Gasteiger partial charge in [-0.1, -0.05) is 6.07 Å². The number of aliphatic carboxylic acids is 1. The molecule has 0 saturated carbocycles. The molecule has 1 aromatic carbocycles. The summed E-state index contributed by atoms with van der Waals surface area (Å²) in [5, 5.41) is 15.9. The summed E-state index contributed by atoms with van der Waals surface area (Å²) < 4.78 is 13.6. The number of carbonyl (C=O) groups is 5. The van der Waals surface area contributed by atoms with Crippen LogP contribution in [0.25, 0.3) is 0 Å². The number of halogens is 1. The Bertz CT molecular complexity index is 945. The highest BCUT2D eigenvalue weighted by atomic mass is 32.2. The molecule has 3 rings (SSSR count). The summed E-state index contributed by atoms with van der Waals surface area (Å²) in [6.07, 6.45) is 1.14. The van der Waals surface area contributed by atoms with Gasteiger partial charge in [-0.3, -0.25) is 19.2 Å². The van der Waals surface area contributed by atoms with Gasteiger partial charge in [0.05, 0.1) is 18.3 Å². The molecule has 0 spiro atoms. The van der Waals surface area contributed by atoms with Crippen molar-refractivity contribution in [2.75, 3.05) is 37.7 Å². The van der Waals surface area contributed by atoms with Crippen LogP contribution in [0.5, 0.6) is 0 Å². The van der Waals surface area contributed by atoms with Gasteiger partial charge in [0, 0.05) is 31.0 Å². The van der Waals surface area contributed by atoms with E-state index in [1.807, 2.05) is 0 Å². The Morgan fingerprint density at radius 1 is 1.21 bits per heavy atom. The topological polar surface area (TPSA) is 139 Å². The second-order valence-electron chi connectivity index (χ2n) is 7.72. The molecule has 2 N–H and O–H groups in total. The molecule has 2 fully saturated rings. The fourth-order valence-corrected chi connectivity index (χ4v) is 4.38. The minimum absolute atomic E-state index is 0.0151. The molecule has 33 heavy (non-hydrogen) atoms. The van der Waals surface area contributed by atoms with Crippen molar-refractivity contribution >= 4 is 41.4 Å². The van der Waals surface area contributed by atoms with Crippen LogP contribution in [0.3, 0.4) is 0 Å². The van der Waals surface area contributed by atoms with Crippen molar-refractivity contribution in [3.63, 3.8) is 0 Å². The molecule has 10 nitrogen and oxygen atoms in total. The zero-order valence-corrected chi connectivity index (χ0v) is 18.6. The third-order valence-corrected chi connectivity index (χ3v) is 6.31. The Labute approximate surface area is 193 Å². The van der Waals surface area contributed by atoms with Crippen LogP contribution >= 0.6 is 11.8 Å². The molecule has 0 aromatic heterocycles. The summed E-state index contributed by atoms with van der Waals surface area (Å²) in [4.78, 5) is 64.0. The Morgan fingerprint density at radius 3 is 2.70 bits per heavy atom. The number of benzene rings is 1. The molecule has 2 saturated heterocycles.